The van der Waals surface area contributed by atoms with Crippen molar-refractivity contribution >= 4 is 27.9 Å². The third-order valence-electron chi connectivity index (χ3n) is 1.07. The maximum absolute atomic E-state index is 10.7. The van der Waals surface area contributed by atoms with E-state index in [0.717, 1.165) is 0 Å². The molecule has 64 valence electrons. The van der Waals surface area contributed by atoms with E-state index < -0.39 is 16.8 Å². The highest BCUT2D eigenvalue weighted by atomic mass is 79.9. The van der Waals surface area contributed by atoms with E-state index >= 15 is 0 Å². The summed E-state index contributed by atoms with van der Waals surface area (Å²) in [6, 6.07) is 0. The molecule has 0 saturated carbocycles. The van der Waals surface area contributed by atoms with E-state index in [4.69, 9.17) is 5.11 Å². The molecular formula is C6H9BrO4. The van der Waals surface area contributed by atoms with Gasteiger partial charge in [-0.25, -0.2) is 0 Å². The number of carbonyl (C=O) groups is 2. The quantitative estimate of drug-likeness (QED) is 0.567. The molecular weight excluding hydrogens is 216 g/mol. The Balaban J connectivity index is 3.60. The molecule has 0 bridgehead atoms. The monoisotopic (exact) mass is 224 g/mol. The summed E-state index contributed by atoms with van der Waals surface area (Å²) < 4.78 is 4.37. The summed E-state index contributed by atoms with van der Waals surface area (Å²) in [5.74, 6) is -1.36. The van der Waals surface area contributed by atoms with Gasteiger partial charge in [-0.3, -0.25) is 9.59 Å². The van der Waals surface area contributed by atoms with E-state index in [2.05, 4.69) is 20.7 Å². The van der Waals surface area contributed by atoms with Crippen LogP contribution in [0.3, 0.4) is 0 Å². The molecule has 4 nitrogen and oxygen atoms in total. The van der Waals surface area contributed by atoms with Crippen molar-refractivity contribution in [1.29, 1.82) is 0 Å². The van der Waals surface area contributed by atoms with Crippen molar-refractivity contribution < 1.29 is 19.4 Å². The zero-order chi connectivity index (χ0) is 8.85. The predicted octanol–water partition coefficient (Wildman–Crippen LogP) is 0.788. The Morgan fingerprint density at radius 3 is 2.55 bits per heavy atom. The molecule has 0 unspecified atom stereocenters. The average Bonchev–Trinajstić information content (AvgIpc) is 1.98. The smallest absolute Gasteiger partial charge is 0.319 e. The molecule has 0 aliphatic rings. The minimum absolute atomic E-state index is 0.0367. The lowest BCUT2D eigenvalue weighted by Crippen LogP contribution is -2.16. The van der Waals surface area contributed by atoms with E-state index in [1.54, 1.807) is 0 Å². The molecule has 0 aromatic heterocycles. The number of methoxy groups -OCH3 is 1. The van der Waals surface area contributed by atoms with Crippen LogP contribution in [0, 0.1) is 0 Å². The van der Waals surface area contributed by atoms with E-state index in [-0.39, 0.29) is 12.8 Å². The third kappa shape index (κ3) is 4.78. The summed E-state index contributed by atoms with van der Waals surface area (Å²) in [7, 11) is 1.26. The van der Waals surface area contributed by atoms with Crippen LogP contribution in [0.4, 0.5) is 0 Å². The molecule has 0 heterocycles. The van der Waals surface area contributed by atoms with Crippen LogP contribution >= 0.6 is 15.9 Å². The van der Waals surface area contributed by atoms with Gasteiger partial charge in [0.1, 0.15) is 4.83 Å². The van der Waals surface area contributed by atoms with Gasteiger partial charge in [0.05, 0.1) is 7.11 Å². The number of carbonyl (C=O) groups excluding carboxylic acids is 1. The lowest BCUT2D eigenvalue weighted by atomic mass is 10.2. The first-order valence-corrected chi connectivity index (χ1v) is 3.93. The number of esters is 1. The lowest BCUT2D eigenvalue weighted by molar-refractivity contribution is -0.140. The lowest BCUT2D eigenvalue weighted by Gasteiger charge is -2.03. The van der Waals surface area contributed by atoms with Gasteiger partial charge in [-0.1, -0.05) is 15.9 Å². The Kier molecular flexibility index (Phi) is 4.85. The minimum atomic E-state index is -0.918. The Bertz CT molecular complexity index is 157. The van der Waals surface area contributed by atoms with E-state index in [9.17, 15) is 9.59 Å². The van der Waals surface area contributed by atoms with Gasteiger partial charge >= 0.3 is 11.9 Å². The normalized spacial score (nSPS) is 12.2. The Morgan fingerprint density at radius 2 is 2.18 bits per heavy atom. The van der Waals surface area contributed by atoms with Crippen LogP contribution < -0.4 is 0 Å². The minimum Gasteiger partial charge on any atom is -0.481 e. The second-order valence-corrected chi connectivity index (χ2v) is 3.03. The summed E-state index contributed by atoms with van der Waals surface area (Å²) >= 11 is 2.99. The molecule has 0 fully saturated rings. The van der Waals surface area contributed by atoms with Crippen LogP contribution in [0.5, 0.6) is 0 Å². The Hall–Kier alpha value is -0.580. The second kappa shape index (κ2) is 5.12. The molecule has 0 aliphatic carbocycles. The van der Waals surface area contributed by atoms with Crippen LogP contribution in [0.25, 0.3) is 0 Å². The molecule has 1 atom stereocenters. The topological polar surface area (TPSA) is 63.6 Å². The molecule has 0 rings (SSSR count). The molecule has 0 radical (unpaired) electrons. The van der Waals surface area contributed by atoms with Gasteiger partial charge < -0.3 is 9.84 Å². The molecule has 1 N–H and O–H groups in total. The number of rotatable bonds is 4. The zero-order valence-electron chi connectivity index (χ0n) is 6.04. The van der Waals surface area contributed by atoms with Gasteiger partial charge in [0, 0.05) is 6.42 Å². The fourth-order valence-electron chi connectivity index (χ4n) is 0.496. The summed E-state index contributed by atoms with van der Waals surface area (Å²) in [4.78, 5) is 20.2. The van der Waals surface area contributed by atoms with Crippen molar-refractivity contribution in [3.63, 3.8) is 0 Å². The number of ether oxygens (including phenoxy) is 1. The Labute approximate surface area is 72.7 Å². The molecule has 0 aliphatic heterocycles. The van der Waals surface area contributed by atoms with Crippen molar-refractivity contribution in [3.8, 4) is 0 Å². The van der Waals surface area contributed by atoms with Crippen molar-refractivity contribution in [2.45, 2.75) is 17.7 Å². The SMILES string of the molecule is COC(=O)[C@H](Br)CCC(=O)O. The molecule has 0 aromatic carbocycles. The van der Waals surface area contributed by atoms with Gasteiger partial charge in [0.2, 0.25) is 0 Å². The summed E-state index contributed by atoms with van der Waals surface area (Å²) in [6.45, 7) is 0. The maximum atomic E-state index is 10.7. The van der Waals surface area contributed by atoms with Crippen LogP contribution in [-0.4, -0.2) is 29.0 Å². The van der Waals surface area contributed by atoms with Crippen LogP contribution in [0.15, 0.2) is 0 Å². The predicted molar refractivity (Wildman–Crippen MR) is 41.6 cm³/mol. The first-order chi connectivity index (χ1) is 5.07. The van der Waals surface area contributed by atoms with E-state index in [1.807, 2.05) is 0 Å². The number of carboxylic acid groups (broad SMARTS) is 1. The molecule has 0 amide bonds. The van der Waals surface area contributed by atoms with E-state index in [0.29, 0.717) is 0 Å². The molecule has 0 spiro atoms. The van der Waals surface area contributed by atoms with Crippen molar-refractivity contribution in [2.24, 2.45) is 0 Å². The van der Waals surface area contributed by atoms with Gasteiger partial charge in [0.15, 0.2) is 0 Å². The van der Waals surface area contributed by atoms with Crippen molar-refractivity contribution in [2.75, 3.05) is 7.11 Å². The highest BCUT2D eigenvalue weighted by Gasteiger charge is 2.15. The van der Waals surface area contributed by atoms with Crippen LogP contribution in [-0.2, 0) is 14.3 Å². The standard InChI is InChI=1S/C6H9BrO4/c1-11-6(10)4(7)2-3-5(8)9/h4H,2-3H2,1H3,(H,8,9)/t4-/m1/s1. The number of aliphatic carboxylic acids is 1. The van der Waals surface area contributed by atoms with Gasteiger partial charge in [-0.2, -0.15) is 0 Å². The van der Waals surface area contributed by atoms with Gasteiger partial charge in [0.25, 0.3) is 0 Å². The number of halogens is 1. The number of hydrogen-bond acceptors (Lipinski definition) is 3. The summed E-state index contributed by atoms with van der Waals surface area (Å²) in [5.41, 5.74) is 0. The average molecular weight is 225 g/mol. The first kappa shape index (κ1) is 10.4. The van der Waals surface area contributed by atoms with E-state index in [1.165, 1.54) is 7.11 Å². The highest BCUT2D eigenvalue weighted by molar-refractivity contribution is 9.10. The molecule has 11 heavy (non-hydrogen) atoms. The fourth-order valence-corrected chi connectivity index (χ4v) is 0.912. The first-order valence-electron chi connectivity index (χ1n) is 3.01. The number of hydrogen-bond donors (Lipinski definition) is 1. The number of alkyl halides is 1. The molecule has 5 heteroatoms. The second-order valence-electron chi connectivity index (χ2n) is 1.92. The van der Waals surface area contributed by atoms with Crippen LogP contribution in [0.2, 0.25) is 0 Å². The highest BCUT2D eigenvalue weighted by Crippen LogP contribution is 2.09. The Morgan fingerprint density at radius 1 is 1.64 bits per heavy atom. The molecule has 0 saturated heterocycles. The largest absolute Gasteiger partial charge is 0.481 e. The van der Waals surface area contributed by atoms with Gasteiger partial charge in [-0.05, 0) is 6.42 Å². The third-order valence-corrected chi connectivity index (χ3v) is 1.90. The molecule has 0 aromatic rings. The van der Waals surface area contributed by atoms with Crippen molar-refractivity contribution in [3.05, 3.63) is 0 Å². The zero-order valence-corrected chi connectivity index (χ0v) is 7.63. The fraction of sp³-hybridized carbons (Fsp3) is 0.667. The van der Waals surface area contributed by atoms with Crippen LogP contribution in [0.1, 0.15) is 12.8 Å². The summed E-state index contributed by atoms with van der Waals surface area (Å²) in [5, 5.41) is 8.24. The van der Waals surface area contributed by atoms with Crippen molar-refractivity contribution in [1.82, 2.24) is 0 Å². The van der Waals surface area contributed by atoms with Gasteiger partial charge in [-0.15, -0.1) is 0 Å². The number of carboxylic acids is 1. The summed E-state index contributed by atoms with van der Waals surface area (Å²) in [6.07, 6.45) is 0.215. The maximum Gasteiger partial charge on any atom is 0.319 e.